The molecule has 0 atom stereocenters. The second-order valence-corrected chi connectivity index (χ2v) is 6.19. The van der Waals surface area contributed by atoms with E-state index in [-0.39, 0.29) is 0 Å². The van der Waals surface area contributed by atoms with Crippen LogP contribution in [0.3, 0.4) is 0 Å². The van der Waals surface area contributed by atoms with Crippen LogP contribution in [0.4, 0.5) is 0 Å². The van der Waals surface area contributed by atoms with E-state index < -0.39 is 0 Å². The SMILES string of the molecule is CN(C)CCCNCCN(C)Cc1ccc(Br)cc1. The second-order valence-electron chi connectivity index (χ2n) is 5.27. The van der Waals surface area contributed by atoms with E-state index in [4.69, 9.17) is 0 Å². The van der Waals surface area contributed by atoms with Gasteiger partial charge in [0.05, 0.1) is 0 Å². The lowest BCUT2D eigenvalue weighted by Crippen LogP contribution is -2.30. The molecule has 0 unspecified atom stereocenters. The third-order valence-electron chi connectivity index (χ3n) is 2.99. The van der Waals surface area contributed by atoms with Gasteiger partial charge < -0.3 is 15.1 Å². The zero-order chi connectivity index (χ0) is 14.1. The Morgan fingerprint density at radius 3 is 2.32 bits per heavy atom. The van der Waals surface area contributed by atoms with E-state index in [2.05, 4.69) is 76.5 Å². The van der Waals surface area contributed by atoms with E-state index in [0.717, 1.165) is 37.2 Å². The molecule has 0 saturated carbocycles. The van der Waals surface area contributed by atoms with Gasteiger partial charge >= 0.3 is 0 Å². The summed E-state index contributed by atoms with van der Waals surface area (Å²) < 4.78 is 1.14. The highest BCUT2D eigenvalue weighted by molar-refractivity contribution is 9.10. The summed E-state index contributed by atoms with van der Waals surface area (Å²) in [5, 5.41) is 3.49. The van der Waals surface area contributed by atoms with Crippen LogP contribution < -0.4 is 5.32 Å². The molecular formula is C15H26BrN3. The van der Waals surface area contributed by atoms with Gasteiger partial charge in [-0.2, -0.15) is 0 Å². The molecule has 0 aliphatic heterocycles. The lowest BCUT2D eigenvalue weighted by atomic mass is 10.2. The lowest BCUT2D eigenvalue weighted by Gasteiger charge is -2.17. The summed E-state index contributed by atoms with van der Waals surface area (Å²) in [5.74, 6) is 0. The van der Waals surface area contributed by atoms with Crippen LogP contribution in [0.25, 0.3) is 0 Å². The van der Waals surface area contributed by atoms with Crippen molar-refractivity contribution in [1.82, 2.24) is 15.1 Å². The van der Waals surface area contributed by atoms with Crippen LogP contribution in [0.15, 0.2) is 28.7 Å². The molecule has 0 aliphatic rings. The average Bonchev–Trinajstić information content (AvgIpc) is 2.36. The molecule has 0 saturated heterocycles. The minimum absolute atomic E-state index is 1.01. The number of rotatable bonds is 9. The van der Waals surface area contributed by atoms with Crippen LogP contribution in [0.5, 0.6) is 0 Å². The number of likely N-dealkylation sites (N-methyl/N-ethyl adjacent to an activating group) is 1. The summed E-state index contributed by atoms with van der Waals surface area (Å²) in [6, 6.07) is 8.54. The van der Waals surface area contributed by atoms with Crippen molar-refractivity contribution >= 4 is 15.9 Å². The number of nitrogens with zero attached hydrogens (tertiary/aromatic N) is 2. The molecule has 1 aromatic carbocycles. The summed E-state index contributed by atoms with van der Waals surface area (Å²) in [4.78, 5) is 4.57. The fourth-order valence-electron chi connectivity index (χ4n) is 1.90. The van der Waals surface area contributed by atoms with Gasteiger partial charge in [0, 0.05) is 24.1 Å². The molecule has 0 heterocycles. The third-order valence-corrected chi connectivity index (χ3v) is 3.52. The molecule has 3 nitrogen and oxygen atoms in total. The monoisotopic (exact) mass is 327 g/mol. The van der Waals surface area contributed by atoms with E-state index in [9.17, 15) is 0 Å². The Labute approximate surface area is 126 Å². The van der Waals surface area contributed by atoms with Gasteiger partial charge in [0.2, 0.25) is 0 Å². The Balaban J connectivity index is 2.08. The minimum Gasteiger partial charge on any atom is -0.315 e. The van der Waals surface area contributed by atoms with Gasteiger partial charge in [0.1, 0.15) is 0 Å². The minimum atomic E-state index is 1.01. The molecule has 4 heteroatoms. The van der Waals surface area contributed by atoms with Crippen molar-refractivity contribution in [1.29, 1.82) is 0 Å². The molecule has 1 aromatic rings. The molecule has 0 radical (unpaired) electrons. The summed E-state index contributed by atoms with van der Waals surface area (Å²) in [5.41, 5.74) is 1.36. The van der Waals surface area contributed by atoms with E-state index in [1.807, 2.05) is 0 Å². The van der Waals surface area contributed by atoms with Crippen molar-refractivity contribution in [3.63, 3.8) is 0 Å². The van der Waals surface area contributed by atoms with Crippen LogP contribution >= 0.6 is 15.9 Å². The lowest BCUT2D eigenvalue weighted by molar-refractivity contribution is 0.321. The Hall–Kier alpha value is -0.420. The van der Waals surface area contributed by atoms with Crippen LogP contribution in [0.1, 0.15) is 12.0 Å². The second kappa shape index (κ2) is 9.48. The van der Waals surface area contributed by atoms with Crippen LogP contribution in [-0.4, -0.2) is 57.1 Å². The molecule has 0 bridgehead atoms. The van der Waals surface area contributed by atoms with E-state index in [1.54, 1.807) is 0 Å². The molecule has 0 amide bonds. The third kappa shape index (κ3) is 8.37. The van der Waals surface area contributed by atoms with Crippen LogP contribution in [0, 0.1) is 0 Å². The number of nitrogens with one attached hydrogen (secondary N) is 1. The number of hydrogen-bond donors (Lipinski definition) is 1. The summed E-state index contributed by atoms with van der Waals surface area (Å²) in [7, 11) is 6.40. The fraction of sp³-hybridized carbons (Fsp3) is 0.600. The first-order valence-corrected chi connectivity index (χ1v) is 7.65. The normalized spacial score (nSPS) is 11.5. The molecule has 1 N–H and O–H groups in total. The average molecular weight is 328 g/mol. The maximum Gasteiger partial charge on any atom is 0.0231 e. The molecule has 0 aliphatic carbocycles. The fourth-order valence-corrected chi connectivity index (χ4v) is 2.16. The van der Waals surface area contributed by atoms with E-state index in [1.165, 1.54) is 12.0 Å². The van der Waals surface area contributed by atoms with Gasteiger partial charge in [-0.15, -0.1) is 0 Å². The molecule has 0 aromatic heterocycles. The van der Waals surface area contributed by atoms with Gasteiger partial charge in [-0.3, -0.25) is 0 Å². The van der Waals surface area contributed by atoms with Gasteiger partial charge in [-0.25, -0.2) is 0 Å². The summed E-state index contributed by atoms with van der Waals surface area (Å²) >= 11 is 3.46. The molecule has 108 valence electrons. The zero-order valence-corrected chi connectivity index (χ0v) is 13.9. The van der Waals surface area contributed by atoms with Crippen molar-refractivity contribution < 1.29 is 0 Å². The van der Waals surface area contributed by atoms with Crippen molar-refractivity contribution in [2.45, 2.75) is 13.0 Å². The van der Waals surface area contributed by atoms with Crippen LogP contribution in [0.2, 0.25) is 0 Å². The number of halogens is 1. The number of hydrogen-bond acceptors (Lipinski definition) is 3. The maximum atomic E-state index is 3.49. The zero-order valence-electron chi connectivity index (χ0n) is 12.3. The number of benzene rings is 1. The Bertz CT molecular complexity index is 338. The first-order valence-electron chi connectivity index (χ1n) is 6.86. The van der Waals surface area contributed by atoms with Crippen LogP contribution in [-0.2, 0) is 6.54 Å². The standard InChI is InChI=1S/C15H26BrN3/c1-18(2)11-4-9-17-10-12-19(3)13-14-5-7-15(16)8-6-14/h5-8,17H,4,9-13H2,1-3H3. The predicted octanol–water partition coefficient (Wildman–Crippen LogP) is 2.42. The molecule has 0 spiro atoms. The summed E-state index contributed by atoms with van der Waals surface area (Å²) in [6.45, 7) is 5.40. The highest BCUT2D eigenvalue weighted by Gasteiger charge is 2.00. The Kier molecular flexibility index (Phi) is 8.30. The van der Waals surface area contributed by atoms with Gasteiger partial charge in [0.25, 0.3) is 0 Å². The highest BCUT2D eigenvalue weighted by Crippen LogP contribution is 2.11. The van der Waals surface area contributed by atoms with Crippen molar-refractivity contribution in [3.05, 3.63) is 34.3 Å². The van der Waals surface area contributed by atoms with Crippen molar-refractivity contribution in [2.75, 3.05) is 47.3 Å². The van der Waals surface area contributed by atoms with Gasteiger partial charge in [-0.05, 0) is 58.3 Å². The molecule has 0 fully saturated rings. The van der Waals surface area contributed by atoms with Crippen molar-refractivity contribution in [3.8, 4) is 0 Å². The molecule has 19 heavy (non-hydrogen) atoms. The van der Waals surface area contributed by atoms with E-state index in [0.29, 0.717) is 0 Å². The Morgan fingerprint density at radius 1 is 1.00 bits per heavy atom. The highest BCUT2D eigenvalue weighted by atomic mass is 79.9. The predicted molar refractivity (Wildman–Crippen MR) is 86.5 cm³/mol. The largest absolute Gasteiger partial charge is 0.315 e. The van der Waals surface area contributed by atoms with Crippen molar-refractivity contribution in [2.24, 2.45) is 0 Å². The first-order chi connectivity index (χ1) is 9.08. The first kappa shape index (κ1) is 16.6. The smallest absolute Gasteiger partial charge is 0.0231 e. The maximum absolute atomic E-state index is 3.49. The summed E-state index contributed by atoms with van der Waals surface area (Å²) in [6.07, 6.45) is 1.21. The molecular weight excluding hydrogens is 302 g/mol. The van der Waals surface area contributed by atoms with E-state index >= 15 is 0 Å². The molecule has 1 rings (SSSR count). The Morgan fingerprint density at radius 2 is 1.68 bits per heavy atom. The van der Waals surface area contributed by atoms with Gasteiger partial charge in [-0.1, -0.05) is 28.1 Å². The van der Waals surface area contributed by atoms with Gasteiger partial charge in [0.15, 0.2) is 0 Å². The quantitative estimate of drug-likeness (QED) is 0.703. The topological polar surface area (TPSA) is 18.5 Å².